The van der Waals surface area contributed by atoms with Gasteiger partial charge in [-0.3, -0.25) is 0 Å². The standard InChI is InChI=1S/C10H15Cl2N3O4S2/c1-20(16,17)14-3-2-4-15-21(18,19)10-8(12)5-7(11)6-9(10)13/h5-6,14-15H,2-4,13H2,1H3. The van der Waals surface area contributed by atoms with Crippen LogP contribution in [0.2, 0.25) is 10.0 Å². The van der Waals surface area contributed by atoms with E-state index in [4.69, 9.17) is 28.9 Å². The van der Waals surface area contributed by atoms with Crippen molar-refractivity contribution in [1.82, 2.24) is 9.44 Å². The Morgan fingerprint density at radius 1 is 1.10 bits per heavy atom. The van der Waals surface area contributed by atoms with E-state index in [1.807, 2.05) is 0 Å². The third-order valence-electron chi connectivity index (χ3n) is 2.32. The Labute approximate surface area is 133 Å². The predicted octanol–water partition coefficient (Wildman–Crippen LogP) is 0.793. The van der Waals surface area contributed by atoms with Gasteiger partial charge in [-0.1, -0.05) is 23.2 Å². The van der Waals surface area contributed by atoms with E-state index in [1.54, 1.807) is 0 Å². The van der Waals surface area contributed by atoms with Crippen LogP contribution < -0.4 is 15.2 Å². The lowest BCUT2D eigenvalue weighted by molar-refractivity contribution is 0.575. The molecule has 0 unspecified atom stereocenters. The highest BCUT2D eigenvalue weighted by atomic mass is 35.5. The van der Waals surface area contributed by atoms with Crippen molar-refractivity contribution >= 4 is 48.9 Å². The molecule has 0 aromatic heterocycles. The fraction of sp³-hybridized carbons (Fsp3) is 0.400. The number of nitrogens with one attached hydrogen (secondary N) is 2. The van der Waals surface area contributed by atoms with Gasteiger partial charge in [0.05, 0.1) is 17.0 Å². The summed E-state index contributed by atoms with van der Waals surface area (Å²) in [4.78, 5) is -0.246. The number of sulfonamides is 2. The maximum Gasteiger partial charge on any atom is 0.244 e. The van der Waals surface area contributed by atoms with Crippen molar-refractivity contribution in [2.75, 3.05) is 25.1 Å². The van der Waals surface area contributed by atoms with Crippen LogP contribution in [0.5, 0.6) is 0 Å². The average molecular weight is 376 g/mol. The molecule has 0 aliphatic rings. The zero-order valence-electron chi connectivity index (χ0n) is 11.1. The molecular formula is C10H15Cl2N3O4S2. The molecule has 0 saturated carbocycles. The maximum atomic E-state index is 12.1. The summed E-state index contributed by atoms with van der Waals surface area (Å²) in [5.74, 6) is 0. The van der Waals surface area contributed by atoms with Crippen LogP contribution in [0.15, 0.2) is 17.0 Å². The van der Waals surface area contributed by atoms with Gasteiger partial charge in [0, 0.05) is 18.1 Å². The van der Waals surface area contributed by atoms with Crippen LogP contribution in [0.25, 0.3) is 0 Å². The Hall–Kier alpha value is -0.580. The van der Waals surface area contributed by atoms with Crippen LogP contribution in [-0.4, -0.2) is 36.2 Å². The largest absolute Gasteiger partial charge is 0.398 e. The first-order chi connectivity index (χ1) is 9.53. The molecule has 0 bridgehead atoms. The van der Waals surface area contributed by atoms with Gasteiger partial charge in [-0.15, -0.1) is 0 Å². The molecule has 0 heterocycles. The first-order valence-electron chi connectivity index (χ1n) is 5.72. The number of halogens is 2. The lowest BCUT2D eigenvalue weighted by Crippen LogP contribution is -2.30. The molecule has 0 aliphatic carbocycles. The molecule has 0 aliphatic heterocycles. The van der Waals surface area contributed by atoms with Crippen LogP contribution in [0.4, 0.5) is 5.69 Å². The Bertz CT molecular complexity index is 697. The highest BCUT2D eigenvalue weighted by Gasteiger charge is 2.21. The van der Waals surface area contributed by atoms with Gasteiger partial charge < -0.3 is 5.73 Å². The fourth-order valence-electron chi connectivity index (χ4n) is 1.49. The van der Waals surface area contributed by atoms with E-state index in [-0.39, 0.29) is 40.1 Å². The molecule has 0 radical (unpaired) electrons. The van der Waals surface area contributed by atoms with Gasteiger partial charge >= 0.3 is 0 Å². The van der Waals surface area contributed by atoms with E-state index in [0.717, 1.165) is 6.26 Å². The zero-order chi connectivity index (χ0) is 16.3. The van der Waals surface area contributed by atoms with Crippen molar-refractivity contribution in [3.63, 3.8) is 0 Å². The summed E-state index contributed by atoms with van der Waals surface area (Å²) in [5.41, 5.74) is 5.56. The van der Waals surface area contributed by atoms with Crippen molar-refractivity contribution in [3.8, 4) is 0 Å². The number of hydrogen-bond donors (Lipinski definition) is 3. The Kier molecular flexibility index (Phi) is 6.26. The van der Waals surface area contributed by atoms with Crippen molar-refractivity contribution in [2.24, 2.45) is 0 Å². The summed E-state index contributed by atoms with van der Waals surface area (Å²) in [5, 5.41) is 0.149. The number of rotatable bonds is 7. The summed E-state index contributed by atoms with van der Waals surface area (Å²) < 4.78 is 50.4. The van der Waals surface area contributed by atoms with Crippen molar-refractivity contribution in [3.05, 3.63) is 22.2 Å². The van der Waals surface area contributed by atoms with Gasteiger partial charge in [-0.05, 0) is 18.6 Å². The third kappa shape index (κ3) is 5.97. The van der Waals surface area contributed by atoms with Crippen LogP contribution in [0, 0.1) is 0 Å². The van der Waals surface area contributed by atoms with Crippen molar-refractivity contribution < 1.29 is 16.8 Å². The quantitative estimate of drug-likeness (QED) is 0.480. The maximum absolute atomic E-state index is 12.1. The number of hydrogen-bond acceptors (Lipinski definition) is 5. The number of nitrogens with two attached hydrogens (primary N) is 1. The topological polar surface area (TPSA) is 118 Å². The van der Waals surface area contributed by atoms with Gasteiger partial charge in [-0.25, -0.2) is 26.3 Å². The molecule has 120 valence electrons. The second-order valence-electron chi connectivity index (χ2n) is 4.22. The van der Waals surface area contributed by atoms with E-state index >= 15 is 0 Å². The van der Waals surface area contributed by atoms with E-state index < -0.39 is 20.0 Å². The van der Waals surface area contributed by atoms with Crippen molar-refractivity contribution in [2.45, 2.75) is 11.3 Å². The van der Waals surface area contributed by atoms with E-state index in [0.29, 0.717) is 0 Å². The predicted molar refractivity (Wildman–Crippen MR) is 83.5 cm³/mol. The number of benzene rings is 1. The zero-order valence-corrected chi connectivity index (χ0v) is 14.2. The summed E-state index contributed by atoms with van der Waals surface area (Å²) in [6.07, 6.45) is 1.29. The lowest BCUT2D eigenvalue weighted by atomic mass is 10.3. The number of anilines is 1. The van der Waals surface area contributed by atoms with Gasteiger partial charge in [0.1, 0.15) is 4.90 Å². The minimum Gasteiger partial charge on any atom is -0.398 e. The molecule has 11 heteroatoms. The smallest absolute Gasteiger partial charge is 0.244 e. The molecule has 0 saturated heterocycles. The normalized spacial score (nSPS) is 12.5. The highest BCUT2D eigenvalue weighted by Crippen LogP contribution is 2.30. The van der Waals surface area contributed by atoms with Crippen LogP contribution in [0.3, 0.4) is 0 Å². The summed E-state index contributed by atoms with van der Waals surface area (Å²) in [6, 6.07) is 2.56. The van der Waals surface area contributed by atoms with Crippen LogP contribution in [-0.2, 0) is 20.0 Å². The van der Waals surface area contributed by atoms with E-state index in [9.17, 15) is 16.8 Å². The number of nitrogen functional groups attached to an aromatic ring is 1. The monoisotopic (exact) mass is 375 g/mol. The fourth-order valence-corrected chi connectivity index (χ4v) is 4.06. The molecule has 0 spiro atoms. The van der Waals surface area contributed by atoms with Gasteiger partial charge in [0.25, 0.3) is 0 Å². The van der Waals surface area contributed by atoms with Crippen molar-refractivity contribution in [1.29, 1.82) is 0 Å². The van der Waals surface area contributed by atoms with Gasteiger partial charge in [-0.2, -0.15) is 0 Å². The van der Waals surface area contributed by atoms with Gasteiger partial charge in [0.15, 0.2) is 0 Å². The second kappa shape index (κ2) is 7.12. The average Bonchev–Trinajstić information content (AvgIpc) is 2.24. The molecule has 1 rings (SSSR count). The molecule has 0 atom stereocenters. The molecule has 0 amide bonds. The van der Waals surface area contributed by atoms with Crippen LogP contribution in [0.1, 0.15) is 6.42 Å². The first-order valence-corrected chi connectivity index (χ1v) is 9.85. The Morgan fingerprint density at radius 3 is 2.19 bits per heavy atom. The Balaban J connectivity index is 2.71. The minimum absolute atomic E-state index is 0.0310. The summed E-state index contributed by atoms with van der Waals surface area (Å²) in [7, 11) is -7.19. The first kappa shape index (κ1) is 18.5. The second-order valence-corrected chi connectivity index (χ2v) is 8.60. The molecular weight excluding hydrogens is 361 g/mol. The van der Waals surface area contributed by atoms with E-state index in [2.05, 4.69) is 9.44 Å². The molecule has 21 heavy (non-hydrogen) atoms. The molecule has 1 aromatic carbocycles. The highest BCUT2D eigenvalue weighted by molar-refractivity contribution is 7.89. The van der Waals surface area contributed by atoms with Crippen LogP contribution >= 0.6 is 23.2 Å². The SMILES string of the molecule is CS(=O)(=O)NCCCNS(=O)(=O)c1c(N)cc(Cl)cc1Cl. The lowest BCUT2D eigenvalue weighted by Gasteiger charge is -2.11. The molecule has 0 fully saturated rings. The van der Waals surface area contributed by atoms with E-state index in [1.165, 1.54) is 12.1 Å². The summed E-state index contributed by atoms with van der Waals surface area (Å²) in [6.45, 7) is 0.147. The Morgan fingerprint density at radius 2 is 1.67 bits per heavy atom. The van der Waals surface area contributed by atoms with Gasteiger partial charge in [0.2, 0.25) is 20.0 Å². The summed E-state index contributed by atoms with van der Waals surface area (Å²) >= 11 is 11.6. The third-order valence-corrected chi connectivity index (χ3v) is 5.25. The molecule has 1 aromatic rings. The molecule has 7 nitrogen and oxygen atoms in total. The minimum atomic E-state index is -3.90. The molecule has 4 N–H and O–H groups in total.